The fourth-order valence-corrected chi connectivity index (χ4v) is 4.30. The lowest BCUT2D eigenvalue weighted by molar-refractivity contribution is 0.471. The van der Waals surface area contributed by atoms with Gasteiger partial charge in [-0.1, -0.05) is 15.9 Å². The lowest BCUT2D eigenvalue weighted by atomic mass is 10.2. The van der Waals surface area contributed by atoms with Crippen LogP contribution in [0.3, 0.4) is 0 Å². The summed E-state index contributed by atoms with van der Waals surface area (Å²) in [6.45, 7) is 0. The molecule has 10 heteroatoms. The normalized spacial score (nSPS) is 13.7. The zero-order valence-electron chi connectivity index (χ0n) is 12.8. The average molecular weight is 484 g/mol. The van der Waals surface area contributed by atoms with Gasteiger partial charge in [0, 0.05) is 21.3 Å². The minimum Gasteiger partial charge on any atom is -0.506 e. The van der Waals surface area contributed by atoms with Gasteiger partial charge in [0.1, 0.15) is 11.4 Å². The Balaban J connectivity index is 1.77. The first-order valence-corrected chi connectivity index (χ1v) is 9.50. The van der Waals surface area contributed by atoms with Crippen molar-refractivity contribution >= 4 is 50.3 Å². The highest BCUT2D eigenvalue weighted by Crippen LogP contribution is 2.31. The Morgan fingerprint density at radius 1 is 1.24 bits per heavy atom. The molecule has 4 rings (SSSR count). The quantitative estimate of drug-likeness (QED) is 0.388. The van der Waals surface area contributed by atoms with Gasteiger partial charge in [-0.15, -0.1) is 0 Å². The average Bonchev–Trinajstić information content (AvgIpc) is 3.25. The predicted molar refractivity (Wildman–Crippen MR) is 104 cm³/mol. The molecule has 0 saturated carbocycles. The molecule has 0 fully saturated rings. The number of nitrogens with zero attached hydrogens (tertiary/aromatic N) is 4. The van der Waals surface area contributed by atoms with Crippen molar-refractivity contribution in [3.05, 3.63) is 42.7 Å². The van der Waals surface area contributed by atoms with E-state index < -0.39 is 0 Å². The van der Waals surface area contributed by atoms with Gasteiger partial charge in [0.2, 0.25) is 10.6 Å². The van der Waals surface area contributed by atoms with E-state index in [1.54, 1.807) is 12.1 Å². The fraction of sp³-hybridized carbons (Fsp3) is 0.200. The highest BCUT2D eigenvalue weighted by atomic mass is 79.9. The number of aromatic nitrogens is 5. The third-order valence-electron chi connectivity index (χ3n) is 4.04. The Labute approximate surface area is 164 Å². The van der Waals surface area contributed by atoms with Crippen molar-refractivity contribution < 1.29 is 5.11 Å². The van der Waals surface area contributed by atoms with E-state index >= 15 is 0 Å². The van der Waals surface area contributed by atoms with Crippen LogP contribution in [-0.2, 0) is 12.8 Å². The number of phenolic OH excluding ortho intramolecular Hbond substituents is 1. The van der Waals surface area contributed by atoms with Crippen molar-refractivity contribution in [2.75, 3.05) is 0 Å². The van der Waals surface area contributed by atoms with Crippen molar-refractivity contribution in [3.8, 4) is 17.3 Å². The number of hydrogen-bond donors (Lipinski definition) is 3. The van der Waals surface area contributed by atoms with Crippen molar-refractivity contribution in [2.24, 2.45) is 5.10 Å². The summed E-state index contributed by atoms with van der Waals surface area (Å²) in [5.41, 5.74) is 3.62. The van der Waals surface area contributed by atoms with Gasteiger partial charge in [-0.05, 0) is 59.5 Å². The smallest absolute Gasteiger partial charge is 0.216 e. The second-order valence-electron chi connectivity index (χ2n) is 5.62. The van der Waals surface area contributed by atoms with Crippen LogP contribution >= 0.6 is 44.1 Å². The minimum atomic E-state index is 0.101. The van der Waals surface area contributed by atoms with E-state index in [0.29, 0.717) is 20.6 Å². The van der Waals surface area contributed by atoms with Crippen LogP contribution in [0.5, 0.6) is 5.75 Å². The Bertz CT molecular complexity index is 1050. The molecule has 3 aromatic rings. The molecule has 0 atom stereocenters. The standard InChI is InChI=1S/C15H12Br2N6OS/c16-8-4-7(13(24)10(17)5-8)6-18-23-14(21-22-15(23)25)12-9-2-1-3-11(9)19-20-12/h4-6,24H,1-3H2,(H,19,20)(H,22,25)/b18-6+. The summed E-state index contributed by atoms with van der Waals surface area (Å²) >= 11 is 12.0. The molecule has 0 saturated heterocycles. The number of nitrogens with one attached hydrogen (secondary N) is 2. The van der Waals surface area contributed by atoms with Crippen molar-refractivity contribution in [3.63, 3.8) is 0 Å². The van der Waals surface area contributed by atoms with Crippen LogP contribution in [0.2, 0.25) is 0 Å². The molecule has 25 heavy (non-hydrogen) atoms. The first-order valence-electron chi connectivity index (χ1n) is 7.51. The van der Waals surface area contributed by atoms with Gasteiger partial charge in [0.05, 0.1) is 10.7 Å². The van der Waals surface area contributed by atoms with Crippen LogP contribution in [-0.4, -0.2) is 36.4 Å². The van der Waals surface area contributed by atoms with Gasteiger partial charge < -0.3 is 5.11 Å². The van der Waals surface area contributed by atoms with Gasteiger partial charge in [-0.2, -0.15) is 20.0 Å². The topological polar surface area (TPSA) is 94.9 Å². The van der Waals surface area contributed by atoms with Crippen molar-refractivity contribution in [1.82, 2.24) is 25.1 Å². The summed E-state index contributed by atoms with van der Waals surface area (Å²) in [6.07, 6.45) is 4.60. The monoisotopic (exact) mass is 482 g/mol. The number of halogens is 2. The summed E-state index contributed by atoms with van der Waals surface area (Å²) < 4.78 is 3.26. The predicted octanol–water partition coefficient (Wildman–Crippen LogP) is 3.93. The highest BCUT2D eigenvalue weighted by Gasteiger charge is 2.23. The molecule has 0 amide bonds. The van der Waals surface area contributed by atoms with E-state index in [1.165, 1.54) is 16.5 Å². The Morgan fingerprint density at radius 2 is 2.08 bits per heavy atom. The Morgan fingerprint density at radius 3 is 2.92 bits per heavy atom. The van der Waals surface area contributed by atoms with Gasteiger partial charge >= 0.3 is 0 Å². The van der Waals surface area contributed by atoms with Crippen LogP contribution in [0.4, 0.5) is 0 Å². The molecule has 0 radical (unpaired) electrons. The molecule has 3 N–H and O–H groups in total. The van der Waals surface area contributed by atoms with E-state index in [4.69, 9.17) is 12.2 Å². The number of benzene rings is 1. The number of aryl methyl sites for hydroxylation is 1. The van der Waals surface area contributed by atoms with Crippen LogP contribution < -0.4 is 0 Å². The minimum absolute atomic E-state index is 0.101. The molecular formula is C15H12Br2N6OS. The van der Waals surface area contributed by atoms with Crippen molar-refractivity contribution in [2.45, 2.75) is 19.3 Å². The van der Waals surface area contributed by atoms with Crippen LogP contribution in [0, 0.1) is 4.77 Å². The lowest BCUT2D eigenvalue weighted by Crippen LogP contribution is -1.97. The molecule has 2 aromatic heterocycles. The molecular weight excluding hydrogens is 472 g/mol. The number of rotatable bonds is 3. The summed E-state index contributed by atoms with van der Waals surface area (Å²) in [5.74, 6) is 0.651. The molecule has 2 heterocycles. The molecule has 0 spiro atoms. The van der Waals surface area contributed by atoms with E-state index in [-0.39, 0.29) is 5.75 Å². The molecule has 0 bridgehead atoms. The maximum absolute atomic E-state index is 10.2. The van der Waals surface area contributed by atoms with Crippen LogP contribution in [0.15, 0.2) is 26.2 Å². The second kappa shape index (κ2) is 6.50. The number of hydrogen-bond acceptors (Lipinski definition) is 5. The van der Waals surface area contributed by atoms with Crippen LogP contribution in [0.1, 0.15) is 23.2 Å². The Hall–Kier alpha value is -1.78. The number of H-pyrrole nitrogens is 2. The summed E-state index contributed by atoms with van der Waals surface area (Å²) in [5, 5.41) is 29.0. The van der Waals surface area contributed by atoms with E-state index in [1.807, 2.05) is 0 Å². The third kappa shape index (κ3) is 2.98. The molecule has 7 nitrogen and oxygen atoms in total. The third-order valence-corrected chi connectivity index (χ3v) is 5.37. The summed E-state index contributed by atoms with van der Waals surface area (Å²) in [4.78, 5) is 0. The maximum Gasteiger partial charge on any atom is 0.216 e. The number of aromatic amines is 2. The molecule has 128 valence electrons. The van der Waals surface area contributed by atoms with Crippen molar-refractivity contribution in [1.29, 1.82) is 0 Å². The zero-order chi connectivity index (χ0) is 17.6. The van der Waals surface area contributed by atoms with E-state index in [0.717, 1.165) is 35.1 Å². The van der Waals surface area contributed by atoms with Gasteiger partial charge in [-0.25, -0.2) is 5.10 Å². The molecule has 1 aliphatic rings. The lowest BCUT2D eigenvalue weighted by Gasteiger charge is -2.03. The number of fused-ring (bicyclic) bond motifs is 1. The first kappa shape index (κ1) is 16.7. The Kier molecular flexibility index (Phi) is 4.34. The molecule has 1 aromatic carbocycles. The fourth-order valence-electron chi connectivity index (χ4n) is 2.86. The maximum atomic E-state index is 10.2. The van der Waals surface area contributed by atoms with Crippen LogP contribution in [0.25, 0.3) is 11.5 Å². The largest absolute Gasteiger partial charge is 0.506 e. The number of phenols is 1. The van der Waals surface area contributed by atoms with Gasteiger partial charge in [0.25, 0.3) is 0 Å². The summed E-state index contributed by atoms with van der Waals surface area (Å²) in [6, 6.07) is 3.52. The van der Waals surface area contributed by atoms with E-state index in [2.05, 4.69) is 57.4 Å². The molecule has 0 unspecified atom stereocenters. The second-order valence-corrected chi connectivity index (χ2v) is 7.77. The molecule has 1 aliphatic carbocycles. The zero-order valence-corrected chi connectivity index (χ0v) is 16.7. The first-order chi connectivity index (χ1) is 12.0. The van der Waals surface area contributed by atoms with E-state index in [9.17, 15) is 5.11 Å². The highest BCUT2D eigenvalue weighted by molar-refractivity contribution is 9.11. The van der Waals surface area contributed by atoms with Gasteiger partial charge in [-0.3, -0.25) is 5.10 Å². The number of aromatic hydroxyl groups is 1. The SMILES string of the molecule is Oc1c(Br)cc(Br)cc1/C=N/n1c(-c2n[nH]c3c2CCC3)n[nH]c1=S. The van der Waals surface area contributed by atoms with Gasteiger partial charge in [0.15, 0.2) is 0 Å². The molecule has 0 aliphatic heterocycles. The summed E-state index contributed by atoms with van der Waals surface area (Å²) in [7, 11) is 0.